The van der Waals surface area contributed by atoms with E-state index >= 15 is 0 Å². The number of hydrogen-bond acceptors (Lipinski definition) is 4. The molecule has 0 unspecified atom stereocenters. The minimum Gasteiger partial charge on any atom is -0.444 e. The van der Waals surface area contributed by atoms with E-state index in [1.165, 1.54) is 0 Å². The maximum atomic E-state index is 13.4. The molecule has 2 N–H and O–H groups in total. The molecule has 176 valence electrons. The third-order valence-electron chi connectivity index (χ3n) is 5.22. The summed E-state index contributed by atoms with van der Waals surface area (Å²) in [5, 5.41) is 5.64. The Morgan fingerprint density at radius 2 is 1.21 bits per heavy atom. The van der Waals surface area contributed by atoms with E-state index in [0.717, 1.165) is 16.7 Å². The number of nitrogens with one attached hydrogen (secondary N) is 2. The second-order valence-corrected chi connectivity index (χ2v) is 8.99. The fourth-order valence-corrected chi connectivity index (χ4v) is 3.83. The molecule has 0 aliphatic carbocycles. The molecule has 0 saturated heterocycles. The molecule has 0 spiro atoms. The number of hydrogen-bond donors (Lipinski definition) is 2. The van der Waals surface area contributed by atoms with Crippen LogP contribution in [0.1, 0.15) is 43.9 Å². The van der Waals surface area contributed by atoms with Crippen molar-refractivity contribution in [2.24, 2.45) is 0 Å². The maximum absolute atomic E-state index is 13.4. The first kappa shape index (κ1) is 24.7. The van der Waals surface area contributed by atoms with Crippen molar-refractivity contribution in [3.05, 3.63) is 108 Å². The highest BCUT2D eigenvalue weighted by Gasteiger charge is 2.38. The number of aldehydes is 1. The molecular formula is C28H30N2O4. The van der Waals surface area contributed by atoms with Crippen LogP contribution in [-0.2, 0) is 19.9 Å². The Balaban J connectivity index is 1.97. The van der Waals surface area contributed by atoms with Crippen LogP contribution < -0.4 is 10.6 Å². The highest BCUT2D eigenvalue weighted by molar-refractivity contribution is 5.84. The van der Waals surface area contributed by atoms with Crippen LogP contribution in [0.25, 0.3) is 0 Å². The SMILES string of the molecule is CC(C)(C)OC(=O)N[C@H](C=O)CC(=O)NC(c1ccccc1)(c1ccccc1)c1ccccc1. The van der Waals surface area contributed by atoms with Crippen LogP contribution in [-0.4, -0.2) is 29.9 Å². The molecule has 34 heavy (non-hydrogen) atoms. The van der Waals surface area contributed by atoms with Crippen LogP contribution in [0.15, 0.2) is 91.0 Å². The van der Waals surface area contributed by atoms with Crippen LogP contribution in [0.2, 0.25) is 0 Å². The zero-order chi connectivity index (χ0) is 24.6. The Morgan fingerprint density at radius 1 is 0.794 bits per heavy atom. The van der Waals surface area contributed by atoms with Crippen molar-refractivity contribution in [1.82, 2.24) is 10.6 Å². The van der Waals surface area contributed by atoms with E-state index < -0.39 is 29.2 Å². The topological polar surface area (TPSA) is 84.5 Å². The van der Waals surface area contributed by atoms with Crippen LogP contribution in [0.5, 0.6) is 0 Å². The molecular weight excluding hydrogens is 428 g/mol. The molecule has 0 radical (unpaired) electrons. The van der Waals surface area contributed by atoms with Gasteiger partial charge < -0.3 is 20.2 Å². The summed E-state index contributed by atoms with van der Waals surface area (Å²) in [4.78, 5) is 37.2. The lowest BCUT2D eigenvalue weighted by molar-refractivity contribution is -0.124. The van der Waals surface area contributed by atoms with E-state index in [9.17, 15) is 14.4 Å². The van der Waals surface area contributed by atoms with Gasteiger partial charge in [0.05, 0.1) is 12.5 Å². The van der Waals surface area contributed by atoms with Crippen LogP contribution in [0.3, 0.4) is 0 Å². The number of alkyl carbamates (subject to hydrolysis) is 1. The van der Waals surface area contributed by atoms with Crippen molar-refractivity contribution >= 4 is 18.3 Å². The normalized spacial score (nSPS) is 12.3. The molecule has 0 aromatic heterocycles. The third kappa shape index (κ3) is 6.10. The Morgan fingerprint density at radius 3 is 1.56 bits per heavy atom. The van der Waals surface area contributed by atoms with Gasteiger partial charge in [-0.2, -0.15) is 0 Å². The third-order valence-corrected chi connectivity index (χ3v) is 5.22. The second kappa shape index (κ2) is 10.8. The molecule has 0 fully saturated rings. The van der Waals surface area contributed by atoms with Gasteiger partial charge in [-0.3, -0.25) is 4.79 Å². The lowest BCUT2D eigenvalue weighted by Crippen LogP contribution is -2.50. The van der Waals surface area contributed by atoms with Gasteiger partial charge in [0, 0.05) is 0 Å². The van der Waals surface area contributed by atoms with Crippen molar-refractivity contribution in [2.45, 2.75) is 44.4 Å². The highest BCUT2D eigenvalue weighted by atomic mass is 16.6. The molecule has 6 nitrogen and oxygen atoms in total. The number of benzene rings is 3. The van der Waals surface area contributed by atoms with Crippen molar-refractivity contribution < 1.29 is 19.1 Å². The van der Waals surface area contributed by atoms with Gasteiger partial charge in [-0.25, -0.2) is 4.79 Å². The molecule has 0 bridgehead atoms. The minimum atomic E-state index is -1.03. The second-order valence-electron chi connectivity index (χ2n) is 8.99. The van der Waals surface area contributed by atoms with E-state index in [-0.39, 0.29) is 6.42 Å². The number of amides is 2. The standard InChI is InChI=1S/C28H30N2O4/c1-27(2,3)34-26(33)29-24(20-31)19-25(32)30-28(21-13-7-4-8-14-21,22-15-9-5-10-16-22)23-17-11-6-12-18-23/h4-18,20,24H,19H2,1-3H3,(H,29,33)(H,30,32)/t24-/m0/s1. The summed E-state index contributed by atoms with van der Waals surface area (Å²) in [5.41, 5.74) is 0.874. The molecule has 0 heterocycles. The first-order valence-corrected chi connectivity index (χ1v) is 11.2. The van der Waals surface area contributed by atoms with E-state index in [4.69, 9.17) is 4.74 Å². The lowest BCUT2D eigenvalue weighted by atomic mass is 9.77. The molecule has 3 aromatic carbocycles. The van der Waals surface area contributed by atoms with Gasteiger partial charge in [-0.1, -0.05) is 91.0 Å². The Hall–Kier alpha value is -3.93. The first-order valence-electron chi connectivity index (χ1n) is 11.2. The van der Waals surface area contributed by atoms with Gasteiger partial charge in [-0.15, -0.1) is 0 Å². The van der Waals surface area contributed by atoms with Crippen molar-refractivity contribution in [3.8, 4) is 0 Å². The zero-order valence-electron chi connectivity index (χ0n) is 19.7. The van der Waals surface area contributed by atoms with E-state index in [1.54, 1.807) is 20.8 Å². The predicted octanol–water partition coefficient (Wildman–Crippen LogP) is 4.58. The highest BCUT2D eigenvalue weighted by Crippen LogP contribution is 2.36. The Labute approximate surface area is 200 Å². The molecule has 6 heteroatoms. The van der Waals surface area contributed by atoms with Crippen molar-refractivity contribution in [3.63, 3.8) is 0 Å². The van der Waals surface area contributed by atoms with E-state index in [0.29, 0.717) is 6.29 Å². The average molecular weight is 459 g/mol. The van der Waals surface area contributed by atoms with Gasteiger partial charge in [-0.05, 0) is 37.5 Å². The molecule has 3 aromatic rings. The molecule has 3 rings (SSSR count). The monoisotopic (exact) mass is 458 g/mol. The average Bonchev–Trinajstić information content (AvgIpc) is 2.82. The van der Waals surface area contributed by atoms with E-state index in [2.05, 4.69) is 10.6 Å². The van der Waals surface area contributed by atoms with Crippen LogP contribution in [0.4, 0.5) is 4.79 Å². The molecule has 2 amide bonds. The van der Waals surface area contributed by atoms with Gasteiger partial charge in [0.25, 0.3) is 0 Å². The summed E-state index contributed by atoms with van der Waals surface area (Å²) in [5.74, 6) is -0.398. The van der Waals surface area contributed by atoms with Crippen molar-refractivity contribution in [1.29, 1.82) is 0 Å². The zero-order valence-corrected chi connectivity index (χ0v) is 19.7. The van der Waals surface area contributed by atoms with Gasteiger partial charge in [0.2, 0.25) is 5.91 Å². The number of carbonyl (C=O) groups is 3. The smallest absolute Gasteiger partial charge is 0.408 e. The molecule has 0 aliphatic rings. The first-order chi connectivity index (χ1) is 16.2. The number of ether oxygens (including phenoxy) is 1. The molecule has 0 saturated carbocycles. The quantitative estimate of drug-likeness (QED) is 0.382. The fraction of sp³-hybridized carbons (Fsp3) is 0.250. The maximum Gasteiger partial charge on any atom is 0.408 e. The lowest BCUT2D eigenvalue weighted by Gasteiger charge is -2.37. The summed E-state index contributed by atoms with van der Waals surface area (Å²) >= 11 is 0. The summed E-state index contributed by atoms with van der Waals surface area (Å²) < 4.78 is 5.22. The van der Waals surface area contributed by atoms with Crippen LogP contribution >= 0.6 is 0 Å². The summed E-state index contributed by atoms with van der Waals surface area (Å²) in [6.07, 6.45) is -0.451. The minimum absolute atomic E-state index is 0.239. The number of rotatable bonds is 8. The predicted molar refractivity (Wildman–Crippen MR) is 131 cm³/mol. The summed E-state index contributed by atoms with van der Waals surface area (Å²) in [6.45, 7) is 5.18. The molecule has 0 aliphatic heterocycles. The Kier molecular flexibility index (Phi) is 7.84. The van der Waals surface area contributed by atoms with Crippen LogP contribution in [0, 0.1) is 0 Å². The van der Waals surface area contributed by atoms with Gasteiger partial charge in [0.15, 0.2) is 0 Å². The van der Waals surface area contributed by atoms with E-state index in [1.807, 2.05) is 91.0 Å². The Bertz CT molecular complexity index is 997. The summed E-state index contributed by atoms with van der Waals surface area (Å²) in [7, 11) is 0. The summed E-state index contributed by atoms with van der Waals surface area (Å²) in [6, 6.07) is 27.9. The largest absolute Gasteiger partial charge is 0.444 e. The molecule has 1 atom stereocenters. The fourth-order valence-electron chi connectivity index (χ4n) is 3.83. The van der Waals surface area contributed by atoms with Gasteiger partial charge in [0.1, 0.15) is 17.4 Å². The van der Waals surface area contributed by atoms with Crippen molar-refractivity contribution in [2.75, 3.05) is 0 Å². The number of carbonyl (C=O) groups excluding carboxylic acids is 3. The van der Waals surface area contributed by atoms with Gasteiger partial charge >= 0.3 is 6.09 Å².